The summed E-state index contributed by atoms with van der Waals surface area (Å²) in [4.78, 5) is 0. The van der Waals surface area contributed by atoms with Crippen molar-refractivity contribution in [3.63, 3.8) is 0 Å². The van der Waals surface area contributed by atoms with Crippen LogP contribution in [-0.2, 0) is 9.47 Å². The number of ether oxygens (including phenoxy) is 2. The molecule has 18 heavy (non-hydrogen) atoms. The minimum atomic E-state index is -0.0576. The lowest BCUT2D eigenvalue weighted by atomic mass is 9.74. The van der Waals surface area contributed by atoms with Gasteiger partial charge in [-0.25, -0.2) is 0 Å². The van der Waals surface area contributed by atoms with Gasteiger partial charge in [-0.3, -0.25) is 0 Å². The van der Waals surface area contributed by atoms with E-state index in [1.807, 2.05) is 0 Å². The predicted octanol–water partition coefficient (Wildman–Crippen LogP) is 4.15. The van der Waals surface area contributed by atoms with Crippen LogP contribution in [0, 0.1) is 17.8 Å². The van der Waals surface area contributed by atoms with Gasteiger partial charge in [0.1, 0.15) is 0 Å². The third-order valence-corrected chi connectivity index (χ3v) is 4.35. The van der Waals surface area contributed by atoms with Crippen molar-refractivity contribution in [3.8, 4) is 0 Å². The first-order valence-corrected chi connectivity index (χ1v) is 7.29. The topological polar surface area (TPSA) is 18.5 Å². The third-order valence-electron chi connectivity index (χ3n) is 4.35. The van der Waals surface area contributed by atoms with Crippen molar-refractivity contribution >= 4 is 0 Å². The van der Waals surface area contributed by atoms with Crippen LogP contribution in [0.3, 0.4) is 0 Å². The first kappa shape index (κ1) is 14.1. The van der Waals surface area contributed by atoms with Gasteiger partial charge in [0.25, 0.3) is 0 Å². The fraction of sp³-hybridized carbons (Fsp3) is 0.875. The molecule has 5 atom stereocenters. The summed E-state index contributed by atoms with van der Waals surface area (Å²) >= 11 is 0. The second kappa shape index (κ2) is 4.97. The van der Waals surface area contributed by atoms with Crippen LogP contribution in [-0.4, -0.2) is 18.0 Å². The third kappa shape index (κ3) is 2.97. The molecule has 1 saturated heterocycles. The largest absolute Gasteiger partial charge is 0.349 e. The molecular formula is C16H28O2. The molecule has 0 spiro atoms. The molecule has 0 N–H and O–H groups in total. The highest BCUT2D eigenvalue weighted by Crippen LogP contribution is 2.41. The maximum Gasteiger partial charge on any atom is 0.162 e. The molecule has 0 amide bonds. The first-order chi connectivity index (χ1) is 8.28. The number of hydrogen-bond donors (Lipinski definition) is 0. The van der Waals surface area contributed by atoms with E-state index in [0.717, 1.165) is 6.42 Å². The Labute approximate surface area is 112 Å². The smallest absolute Gasteiger partial charge is 0.162 e. The van der Waals surface area contributed by atoms with Gasteiger partial charge in [0, 0.05) is 12.3 Å². The van der Waals surface area contributed by atoms with Gasteiger partial charge in [0.2, 0.25) is 0 Å². The average molecular weight is 252 g/mol. The van der Waals surface area contributed by atoms with Gasteiger partial charge in [-0.2, -0.15) is 0 Å². The van der Waals surface area contributed by atoms with Crippen molar-refractivity contribution < 1.29 is 9.47 Å². The zero-order valence-electron chi connectivity index (χ0n) is 12.7. The molecule has 0 aromatic carbocycles. The van der Waals surface area contributed by atoms with Crippen LogP contribution in [0.5, 0.6) is 0 Å². The van der Waals surface area contributed by atoms with Crippen LogP contribution in [0.4, 0.5) is 0 Å². The molecule has 0 radical (unpaired) electrons. The highest BCUT2D eigenvalue weighted by Gasteiger charge is 2.42. The molecule has 2 nitrogen and oxygen atoms in total. The molecule has 1 aliphatic carbocycles. The molecule has 104 valence electrons. The Morgan fingerprint density at radius 3 is 2.44 bits per heavy atom. The maximum atomic E-state index is 6.21. The molecule has 0 aromatic heterocycles. The Bertz CT molecular complexity index is 332. The van der Waals surface area contributed by atoms with E-state index in [9.17, 15) is 0 Å². The molecule has 0 bridgehead atoms. The van der Waals surface area contributed by atoms with Crippen LogP contribution in [0.2, 0.25) is 0 Å². The highest BCUT2D eigenvalue weighted by molar-refractivity contribution is 5.09. The van der Waals surface area contributed by atoms with E-state index < -0.39 is 0 Å². The van der Waals surface area contributed by atoms with E-state index in [1.54, 1.807) is 0 Å². The van der Waals surface area contributed by atoms with Gasteiger partial charge < -0.3 is 9.47 Å². The average Bonchev–Trinajstić information content (AvgIpc) is 2.11. The second-order valence-corrected chi connectivity index (χ2v) is 7.03. The van der Waals surface area contributed by atoms with E-state index in [2.05, 4.69) is 47.6 Å². The van der Waals surface area contributed by atoms with Crippen molar-refractivity contribution in [2.45, 2.75) is 72.4 Å². The van der Waals surface area contributed by atoms with Crippen LogP contribution >= 0.6 is 0 Å². The molecule has 2 aliphatic rings. The van der Waals surface area contributed by atoms with Crippen LogP contribution in [0.25, 0.3) is 0 Å². The van der Waals surface area contributed by atoms with E-state index in [-0.39, 0.29) is 11.9 Å². The summed E-state index contributed by atoms with van der Waals surface area (Å²) in [7, 11) is 0. The van der Waals surface area contributed by atoms with Gasteiger partial charge >= 0.3 is 0 Å². The molecule has 2 heteroatoms. The Kier molecular flexibility index (Phi) is 3.89. The van der Waals surface area contributed by atoms with E-state index >= 15 is 0 Å². The molecule has 0 saturated carbocycles. The normalized spacial score (nSPS) is 44.6. The SMILES string of the molecule is CC1=C[C@H](C)[C@@H]([C@@H]2O[C@@H](C)CC(C)(C)O2)[C@H](C)C1. The number of allylic oxidation sites excluding steroid dienone is 2. The monoisotopic (exact) mass is 252 g/mol. The maximum absolute atomic E-state index is 6.21. The standard InChI is InChI=1S/C16H28O2/c1-10-7-11(2)14(12(3)8-10)15-17-13(4)9-16(5,6)18-15/h7,11-15H,8-9H2,1-6H3/t11-,12+,13-,14+,15+/m0/s1. The molecule has 2 rings (SSSR count). The van der Waals surface area contributed by atoms with E-state index in [0.29, 0.717) is 23.9 Å². The van der Waals surface area contributed by atoms with E-state index in [1.165, 1.54) is 12.0 Å². The Morgan fingerprint density at radius 1 is 1.22 bits per heavy atom. The summed E-state index contributed by atoms with van der Waals surface area (Å²) in [5, 5.41) is 0. The van der Waals surface area contributed by atoms with Crippen molar-refractivity contribution in [1.29, 1.82) is 0 Å². The van der Waals surface area contributed by atoms with Gasteiger partial charge in [0.05, 0.1) is 11.7 Å². The number of rotatable bonds is 1. The second-order valence-electron chi connectivity index (χ2n) is 7.03. The lowest BCUT2D eigenvalue weighted by Crippen LogP contribution is -2.49. The first-order valence-electron chi connectivity index (χ1n) is 7.29. The lowest BCUT2D eigenvalue weighted by Gasteiger charge is -2.46. The van der Waals surface area contributed by atoms with Gasteiger partial charge in [-0.15, -0.1) is 0 Å². The summed E-state index contributed by atoms with van der Waals surface area (Å²) in [6, 6.07) is 0. The molecule has 0 unspecified atom stereocenters. The molecular weight excluding hydrogens is 224 g/mol. The number of hydrogen-bond acceptors (Lipinski definition) is 2. The molecule has 1 fully saturated rings. The molecule has 1 heterocycles. The molecule has 0 aromatic rings. The Morgan fingerprint density at radius 2 is 1.89 bits per heavy atom. The van der Waals surface area contributed by atoms with Crippen molar-refractivity contribution in [3.05, 3.63) is 11.6 Å². The predicted molar refractivity (Wildman–Crippen MR) is 74.3 cm³/mol. The zero-order chi connectivity index (χ0) is 13.5. The quantitative estimate of drug-likeness (QED) is 0.653. The van der Waals surface area contributed by atoms with Crippen LogP contribution in [0.15, 0.2) is 11.6 Å². The highest BCUT2D eigenvalue weighted by atomic mass is 16.7. The van der Waals surface area contributed by atoms with Crippen molar-refractivity contribution in [2.24, 2.45) is 17.8 Å². The lowest BCUT2D eigenvalue weighted by molar-refractivity contribution is -0.296. The summed E-state index contributed by atoms with van der Waals surface area (Å²) in [6.45, 7) is 13.4. The summed E-state index contributed by atoms with van der Waals surface area (Å²) < 4.78 is 12.3. The fourth-order valence-corrected chi connectivity index (χ4v) is 3.84. The zero-order valence-corrected chi connectivity index (χ0v) is 12.7. The fourth-order valence-electron chi connectivity index (χ4n) is 3.84. The summed E-state index contributed by atoms with van der Waals surface area (Å²) in [5.74, 6) is 1.66. The summed E-state index contributed by atoms with van der Waals surface area (Å²) in [6.07, 6.45) is 4.80. The summed E-state index contributed by atoms with van der Waals surface area (Å²) in [5.41, 5.74) is 1.45. The van der Waals surface area contributed by atoms with Crippen LogP contribution < -0.4 is 0 Å². The van der Waals surface area contributed by atoms with Crippen molar-refractivity contribution in [1.82, 2.24) is 0 Å². The van der Waals surface area contributed by atoms with Crippen molar-refractivity contribution in [2.75, 3.05) is 0 Å². The van der Waals surface area contributed by atoms with E-state index in [4.69, 9.17) is 9.47 Å². The van der Waals surface area contributed by atoms with Crippen LogP contribution in [0.1, 0.15) is 54.4 Å². The molecule has 1 aliphatic heterocycles. The van der Waals surface area contributed by atoms with Gasteiger partial charge in [-0.1, -0.05) is 25.5 Å². The van der Waals surface area contributed by atoms with Gasteiger partial charge in [0.15, 0.2) is 6.29 Å². The Balaban J connectivity index is 2.15. The minimum Gasteiger partial charge on any atom is -0.349 e. The van der Waals surface area contributed by atoms with Gasteiger partial charge in [-0.05, 0) is 46.0 Å². The minimum absolute atomic E-state index is 0.0434. The Hall–Kier alpha value is -0.340.